The molecule has 13 heavy (non-hydrogen) atoms. The maximum atomic E-state index is 6.02. The van der Waals surface area contributed by atoms with Crippen molar-refractivity contribution in [1.29, 1.82) is 0 Å². The SMILES string of the molecule is CO[C@H]1C[C@@H]2CCC(C)(C)[C@]2(C)O1. The van der Waals surface area contributed by atoms with Gasteiger partial charge in [0.2, 0.25) is 0 Å². The topological polar surface area (TPSA) is 18.5 Å². The Hall–Kier alpha value is -0.0800. The Labute approximate surface area is 80.6 Å². The summed E-state index contributed by atoms with van der Waals surface area (Å²) >= 11 is 0. The van der Waals surface area contributed by atoms with Crippen molar-refractivity contribution in [3.63, 3.8) is 0 Å². The van der Waals surface area contributed by atoms with E-state index in [4.69, 9.17) is 9.47 Å². The molecule has 0 bridgehead atoms. The van der Waals surface area contributed by atoms with Crippen molar-refractivity contribution >= 4 is 0 Å². The fourth-order valence-corrected chi connectivity index (χ4v) is 2.91. The fraction of sp³-hybridized carbons (Fsp3) is 1.00. The Kier molecular flexibility index (Phi) is 1.97. The Morgan fingerprint density at radius 3 is 2.54 bits per heavy atom. The monoisotopic (exact) mass is 184 g/mol. The molecule has 3 atom stereocenters. The van der Waals surface area contributed by atoms with E-state index in [-0.39, 0.29) is 11.9 Å². The van der Waals surface area contributed by atoms with E-state index >= 15 is 0 Å². The van der Waals surface area contributed by atoms with Crippen molar-refractivity contribution < 1.29 is 9.47 Å². The van der Waals surface area contributed by atoms with Crippen LogP contribution in [0, 0.1) is 11.3 Å². The molecule has 2 fully saturated rings. The first-order valence-electron chi connectivity index (χ1n) is 5.20. The molecule has 1 heterocycles. The molecule has 0 aromatic heterocycles. The van der Waals surface area contributed by atoms with Gasteiger partial charge in [0, 0.05) is 13.5 Å². The van der Waals surface area contributed by atoms with Gasteiger partial charge in [-0.1, -0.05) is 13.8 Å². The van der Waals surface area contributed by atoms with Gasteiger partial charge in [-0.3, -0.25) is 0 Å². The highest BCUT2D eigenvalue weighted by Gasteiger charge is 2.58. The van der Waals surface area contributed by atoms with E-state index in [0.717, 1.165) is 6.42 Å². The summed E-state index contributed by atoms with van der Waals surface area (Å²) in [6, 6.07) is 0. The summed E-state index contributed by atoms with van der Waals surface area (Å²) in [6.07, 6.45) is 3.69. The third-order valence-electron chi connectivity index (χ3n) is 4.36. The molecule has 1 aliphatic carbocycles. The lowest BCUT2D eigenvalue weighted by atomic mass is 9.76. The van der Waals surface area contributed by atoms with Gasteiger partial charge in [-0.25, -0.2) is 0 Å². The fourth-order valence-electron chi connectivity index (χ4n) is 2.91. The van der Waals surface area contributed by atoms with Gasteiger partial charge in [0.1, 0.15) is 0 Å². The molecule has 0 aromatic carbocycles. The Morgan fingerprint density at radius 1 is 1.31 bits per heavy atom. The number of fused-ring (bicyclic) bond motifs is 1. The summed E-state index contributed by atoms with van der Waals surface area (Å²) in [6.45, 7) is 6.87. The van der Waals surface area contributed by atoms with E-state index < -0.39 is 0 Å². The number of ether oxygens (including phenoxy) is 2. The van der Waals surface area contributed by atoms with Crippen LogP contribution in [0.15, 0.2) is 0 Å². The quantitative estimate of drug-likeness (QED) is 0.623. The Morgan fingerprint density at radius 2 is 2.00 bits per heavy atom. The van der Waals surface area contributed by atoms with E-state index in [0.29, 0.717) is 11.3 Å². The minimum absolute atomic E-state index is 0.0366. The zero-order valence-electron chi connectivity index (χ0n) is 9.09. The van der Waals surface area contributed by atoms with Crippen LogP contribution in [-0.2, 0) is 9.47 Å². The highest BCUT2D eigenvalue weighted by molar-refractivity contribution is 5.06. The van der Waals surface area contributed by atoms with Gasteiger partial charge in [-0.05, 0) is 31.1 Å². The first-order valence-corrected chi connectivity index (χ1v) is 5.20. The molecule has 0 aromatic rings. The van der Waals surface area contributed by atoms with Crippen LogP contribution in [0.2, 0.25) is 0 Å². The van der Waals surface area contributed by atoms with Crippen LogP contribution in [-0.4, -0.2) is 19.0 Å². The minimum Gasteiger partial charge on any atom is -0.356 e. The van der Waals surface area contributed by atoms with Crippen LogP contribution in [0.1, 0.15) is 40.0 Å². The van der Waals surface area contributed by atoms with Gasteiger partial charge in [-0.2, -0.15) is 0 Å². The van der Waals surface area contributed by atoms with Gasteiger partial charge in [0.15, 0.2) is 6.29 Å². The van der Waals surface area contributed by atoms with E-state index in [2.05, 4.69) is 20.8 Å². The second-order valence-electron chi connectivity index (χ2n) is 5.25. The molecule has 1 saturated carbocycles. The van der Waals surface area contributed by atoms with Crippen LogP contribution < -0.4 is 0 Å². The lowest BCUT2D eigenvalue weighted by Gasteiger charge is -2.37. The van der Waals surface area contributed by atoms with Crippen LogP contribution in [0.3, 0.4) is 0 Å². The lowest BCUT2D eigenvalue weighted by molar-refractivity contribution is -0.181. The van der Waals surface area contributed by atoms with E-state index in [9.17, 15) is 0 Å². The summed E-state index contributed by atoms with van der Waals surface area (Å²) in [5, 5.41) is 0. The van der Waals surface area contributed by atoms with Crippen molar-refractivity contribution in [2.24, 2.45) is 11.3 Å². The van der Waals surface area contributed by atoms with Gasteiger partial charge in [0.25, 0.3) is 0 Å². The molecule has 1 saturated heterocycles. The molecule has 0 N–H and O–H groups in total. The minimum atomic E-state index is 0.0366. The number of methoxy groups -OCH3 is 1. The molecule has 2 nitrogen and oxygen atoms in total. The number of rotatable bonds is 1. The zero-order valence-corrected chi connectivity index (χ0v) is 9.09. The first-order chi connectivity index (χ1) is 5.99. The molecule has 2 heteroatoms. The van der Waals surface area contributed by atoms with E-state index in [1.807, 2.05) is 0 Å². The third kappa shape index (κ3) is 1.15. The van der Waals surface area contributed by atoms with Crippen LogP contribution in [0.25, 0.3) is 0 Å². The van der Waals surface area contributed by atoms with Gasteiger partial charge in [-0.15, -0.1) is 0 Å². The van der Waals surface area contributed by atoms with Crippen molar-refractivity contribution in [1.82, 2.24) is 0 Å². The van der Waals surface area contributed by atoms with Gasteiger partial charge < -0.3 is 9.47 Å². The summed E-state index contributed by atoms with van der Waals surface area (Å²) in [5.74, 6) is 0.701. The van der Waals surface area contributed by atoms with Gasteiger partial charge >= 0.3 is 0 Å². The van der Waals surface area contributed by atoms with E-state index in [1.54, 1.807) is 7.11 Å². The standard InChI is InChI=1S/C11H20O2/c1-10(2)6-5-8-7-9(12-4)13-11(8,10)3/h8-9H,5-7H2,1-4H3/t8-,9+,11+/m0/s1. The smallest absolute Gasteiger partial charge is 0.158 e. The molecule has 0 unspecified atom stereocenters. The van der Waals surface area contributed by atoms with Crippen molar-refractivity contribution in [2.45, 2.75) is 51.9 Å². The van der Waals surface area contributed by atoms with Crippen molar-refractivity contribution in [3.05, 3.63) is 0 Å². The highest BCUT2D eigenvalue weighted by atomic mass is 16.7. The molecule has 0 radical (unpaired) electrons. The maximum Gasteiger partial charge on any atom is 0.158 e. The van der Waals surface area contributed by atoms with Crippen LogP contribution in [0.4, 0.5) is 0 Å². The molecule has 2 aliphatic rings. The molecule has 0 amide bonds. The number of hydrogen-bond acceptors (Lipinski definition) is 2. The third-order valence-corrected chi connectivity index (χ3v) is 4.36. The molecule has 76 valence electrons. The molecule has 2 rings (SSSR count). The summed E-state index contributed by atoms with van der Waals surface area (Å²) in [7, 11) is 1.74. The summed E-state index contributed by atoms with van der Waals surface area (Å²) in [5.41, 5.74) is 0.360. The predicted octanol–water partition coefficient (Wildman–Crippen LogP) is 2.57. The predicted molar refractivity (Wildman–Crippen MR) is 51.4 cm³/mol. The largest absolute Gasteiger partial charge is 0.356 e. The maximum absolute atomic E-state index is 6.02. The highest BCUT2D eigenvalue weighted by Crippen LogP contribution is 2.57. The van der Waals surface area contributed by atoms with Crippen LogP contribution >= 0.6 is 0 Å². The van der Waals surface area contributed by atoms with Crippen molar-refractivity contribution in [2.75, 3.05) is 7.11 Å². The number of hydrogen-bond donors (Lipinski definition) is 0. The summed E-state index contributed by atoms with van der Waals surface area (Å²) in [4.78, 5) is 0. The normalized spacial score (nSPS) is 48.0. The summed E-state index contributed by atoms with van der Waals surface area (Å²) < 4.78 is 11.3. The van der Waals surface area contributed by atoms with E-state index in [1.165, 1.54) is 12.8 Å². The van der Waals surface area contributed by atoms with Gasteiger partial charge in [0.05, 0.1) is 5.60 Å². The Bertz CT molecular complexity index is 212. The average molecular weight is 184 g/mol. The second kappa shape index (κ2) is 2.71. The van der Waals surface area contributed by atoms with Crippen molar-refractivity contribution in [3.8, 4) is 0 Å². The molecular formula is C11H20O2. The molecular weight excluding hydrogens is 164 g/mol. The Balaban J connectivity index is 2.21. The molecule has 1 aliphatic heterocycles. The second-order valence-corrected chi connectivity index (χ2v) is 5.25. The molecule has 0 spiro atoms. The first kappa shape index (κ1) is 9.47. The average Bonchev–Trinajstić information content (AvgIpc) is 2.49. The van der Waals surface area contributed by atoms with Crippen LogP contribution in [0.5, 0.6) is 0 Å². The zero-order chi connectivity index (χ0) is 9.69. The lowest BCUT2D eigenvalue weighted by Crippen LogP contribution is -2.41.